The zero-order valence-electron chi connectivity index (χ0n) is 10.9. The lowest BCUT2D eigenvalue weighted by Crippen LogP contribution is -2.35. The fourth-order valence-corrected chi connectivity index (χ4v) is 1.85. The van der Waals surface area contributed by atoms with E-state index >= 15 is 0 Å². The van der Waals surface area contributed by atoms with Crippen LogP contribution < -0.4 is 11.1 Å². The number of nitrogens with one attached hydrogen (secondary N) is 1. The second kappa shape index (κ2) is 6.15. The van der Waals surface area contributed by atoms with Crippen molar-refractivity contribution in [3.63, 3.8) is 0 Å². The molecule has 2 rings (SSSR count). The van der Waals surface area contributed by atoms with Crippen LogP contribution in [-0.4, -0.2) is 22.2 Å². The van der Waals surface area contributed by atoms with Gasteiger partial charge in [-0.25, -0.2) is 0 Å². The van der Waals surface area contributed by atoms with E-state index in [0.717, 1.165) is 17.5 Å². The summed E-state index contributed by atoms with van der Waals surface area (Å²) < 4.78 is 1.74. The van der Waals surface area contributed by atoms with Gasteiger partial charge >= 0.3 is 0 Å². The monoisotopic (exact) mass is 258 g/mol. The molecule has 0 fully saturated rings. The van der Waals surface area contributed by atoms with Gasteiger partial charge in [-0.1, -0.05) is 30.3 Å². The topological polar surface area (TPSA) is 72.9 Å². The molecule has 0 saturated carbocycles. The largest absolute Gasteiger partial charge is 0.354 e. The van der Waals surface area contributed by atoms with Gasteiger partial charge in [-0.05, 0) is 17.5 Å². The van der Waals surface area contributed by atoms with Crippen LogP contribution in [0.1, 0.15) is 17.2 Å². The van der Waals surface area contributed by atoms with Crippen molar-refractivity contribution in [1.29, 1.82) is 0 Å². The van der Waals surface area contributed by atoms with Gasteiger partial charge in [-0.2, -0.15) is 5.10 Å². The summed E-state index contributed by atoms with van der Waals surface area (Å²) >= 11 is 0. The van der Waals surface area contributed by atoms with Gasteiger partial charge in [0.05, 0.1) is 6.20 Å². The average molecular weight is 258 g/mol. The van der Waals surface area contributed by atoms with E-state index in [0.29, 0.717) is 6.54 Å². The van der Waals surface area contributed by atoms with Crippen molar-refractivity contribution < 1.29 is 4.79 Å². The van der Waals surface area contributed by atoms with Crippen molar-refractivity contribution in [2.75, 3.05) is 6.54 Å². The first-order valence-corrected chi connectivity index (χ1v) is 6.22. The van der Waals surface area contributed by atoms with Crippen molar-refractivity contribution in [2.24, 2.45) is 12.8 Å². The highest BCUT2D eigenvalue weighted by molar-refractivity contribution is 5.82. The number of amides is 1. The third-order valence-corrected chi connectivity index (χ3v) is 2.91. The summed E-state index contributed by atoms with van der Waals surface area (Å²) in [6.45, 7) is 0.561. The minimum atomic E-state index is -0.616. The normalized spacial score (nSPS) is 12.1. The molecule has 0 aliphatic carbocycles. The fraction of sp³-hybridized carbons (Fsp3) is 0.286. The van der Waals surface area contributed by atoms with E-state index in [2.05, 4.69) is 10.4 Å². The van der Waals surface area contributed by atoms with E-state index < -0.39 is 6.04 Å². The summed E-state index contributed by atoms with van der Waals surface area (Å²) in [5.41, 5.74) is 7.81. The maximum Gasteiger partial charge on any atom is 0.241 e. The van der Waals surface area contributed by atoms with Crippen molar-refractivity contribution in [3.05, 3.63) is 53.9 Å². The third kappa shape index (κ3) is 3.66. The molecule has 0 aliphatic heterocycles. The molecule has 3 N–H and O–H groups in total. The first-order valence-electron chi connectivity index (χ1n) is 6.22. The molecular weight excluding hydrogens is 240 g/mol. The lowest BCUT2D eigenvalue weighted by molar-refractivity contribution is -0.122. The van der Waals surface area contributed by atoms with Crippen LogP contribution in [0.5, 0.6) is 0 Å². The lowest BCUT2D eigenvalue weighted by atomic mass is 10.1. The van der Waals surface area contributed by atoms with Crippen molar-refractivity contribution in [2.45, 2.75) is 12.5 Å². The second-order valence-electron chi connectivity index (χ2n) is 4.45. The highest BCUT2D eigenvalue weighted by Gasteiger charge is 2.14. The first kappa shape index (κ1) is 13.3. The lowest BCUT2D eigenvalue weighted by Gasteiger charge is -2.12. The molecule has 1 amide bonds. The van der Waals surface area contributed by atoms with Crippen LogP contribution in [-0.2, 0) is 18.3 Å². The number of carbonyl (C=O) groups is 1. The van der Waals surface area contributed by atoms with E-state index in [9.17, 15) is 4.79 Å². The van der Waals surface area contributed by atoms with Gasteiger partial charge in [0.15, 0.2) is 0 Å². The van der Waals surface area contributed by atoms with Crippen molar-refractivity contribution >= 4 is 5.91 Å². The Bertz CT molecular complexity index is 535. The molecule has 1 heterocycles. The highest BCUT2D eigenvalue weighted by Crippen LogP contribution is 2.09. The molecule has 0 saturated heterocycles. The molecule has 1 atom stereocenters. The smallest absolute Gasteiger partial charge is 0.241 e. The SMILES string of the molecule is Cn1cc(CCNC(=O)C(N)c2ccccc2)cn1. The van der Waals surface area contributed by atoms with Crippen LogP contribution in [0, 0.1) is 0 Å². The number of nitrogens with zero attached hydrogens (tertiary/aromatic N) is 2. The number of benzene rings is 1. The Morgan fingerprint density at radius 1 is 1.42 bits per heavy atom. The number of nitrogens with two attached hydrogens (primary N) is 1. The first-order chi connectivity index (χ1) is 9.16. The molecule has 0 bridgehead atoms. The number of aromatic nitrogens is 2. The molecule has 1 unspecified atom stereocenters. The van der Waals surface area contributed by atoms with E-state index in [1.807, 2.05) is 43.6 Å². The summed E-state index contributed by atoms with van der Waals surface area (Å²) in [5, 5.41) is 6.91. The maximum atomic E-state index is 11.9. The van der Waals surface area contributed by atoms with Gasteiger partial charge in [0.2, 0.25) is 5.91 Å². The second-order valence-corrected chi connectivity index (χ2v) is 4.45. The zero-order chi connectivity index (χ0) is 13.7. The van der Waals surface area contributed by atoms with Crippen LogP contribution in [0.3, 0.4) is 0 Å². The highest BCUT2D eigenvalue weighted by atomic mass is 16.2. The Hall–Kier alpha value is -2.14. The molecule has 19 heavy (non-hydrogen) atoms. The molecule has 5 heteroatoms. The van der Waals surface area contributed by atoms with Gasteiger partial charge in [0.25, 0.3) is 0 Å². The minimum absolute atomic E-state index is 0.157. The van der Waals surface area contributed by atoms with Gasteiger partial charge in [0.1, 0.15) is 6.04 Å². The molecule has 1 aromatic carbocycles. The molecule has 100 valence electrons. The maximum absolute atomic E-state index is 11.9. The third-order valence-electron chi connectivity index (χ3n) is 2.91. The van der Waals surface area contributed by atoms with Crippen LogP contribution in [0.4, 0.5) is 0 Å². The summed E-state index contributed by atoms with van der Waals surface area (Å²) in [5.74, 6) is -0.157. The Morgan fingerprint density at radius 2 is 2.16 bits per heavy atom. The predicted molar refractivity (Wildman–Crippen MR) is 73.3 cm³/mol. The zero-order valence-corrected chi connectivity index (χ0v) is 10.9. The molecule has 0 radical (unpaired) electrons. The van der Waals surface area contributed by atoms with E-state index in [1.54, 1.807) is 10.9 Å². The summed E-state index contributed by atoms with van der Waals surface area (Å²) in [4.78, 5) is 11.9. The summed E-state index contributed by atoms with van der Waals surface area (Å²) in [7, 11) is 1.87. The Morgan fingerprint density at radius 3 is 2.79 bits per heavy atom. The van der Waals surface area contributed by atoms with Crippen molar-refractivity contribution in [1.82, 2.24) is 15.1 Å². The van der Waals surface area contributed by atoms with Crippen LogP contribution in [0.25, 0.3) is 0 Å². The minimum Gasteiger partial charge on any atom is -0.354 e. The molecule has 0 aliphatic rings. The van der Waals surface area contributed by atoms with E-state index in [-0.39, 0.29) is 5.91 Å². The Balaban J connectivity index is 1.81. The van der Waals surface area contributed by atoms with Gasteiger partial charge < -0.3 is 11.1 Å². The van der Waals surface area contributed by atoms with Gasteiger partial charge in [0, 0.05) is 19.8 Å². The van der Waals surface area contributed by atoms with Crippen molar-refractivity contribution in [3.8, 4) is 0 Å². The Labute approximate surface area is 112 Å². The quantitative estimate of drug-likeness (QED) is 0.832. The standard InChI is InChI=1S/C14H18N4O/c1-18-10-11(9-17-18)7-8-16-14(19)13(15)12-5-3-2-4-6-12/h2-6,9-10,13H,7-8,15H2,1H3,(H,16,19). The van der Waals surface area contributed by atoms with E-state index in [1.165, 1.54) is 0 Å². The summed E-state index contributed by atoms with van der Waals surface area (Å²) in [6.07, 6.45) is 4.48. The molecule has 1 aromatic heterocycles. The predicted octanol–water partition coefficient (Wildman–Crippen LogP) is 0.779. The average Bonchev–Trinajstić information content (AvgIpc) is 2.84. The number of hydrogen-bond donors (Lipinski definition) is 2. The summed E-state index contributed by atoms with van der Waals surface area (Å²) in [6, 6.07) is 8.74. The van der Waals surface area contributed by atoms with Crippen LogP contribution >= 0.6 is 0 Å². The van der Waals surface area contributed by atoms with Crippen LogP contribution in [0.2, 0.25) is 0 Å². The van der Waals surface area contributed by atoms with Gasteiger partial charge in [-0.3, -0.25) is 9.48 Å². The molecule has 5 nitrogen and oxygen atoms in total. The van der Waals surface area contributed by atoms with E-state index in [4.69, 9.17) is 5.73 Å². The molecular formula is C14H18N4O. The number of hydrogen-bond acceptors (Lipinski definition) is 3. The fourth-order valence-electron chi connectivity index (χ4n) is 1.85. The molecule has 2 aromatic rings. The molecule has 0 spiro atoms. The Kier molecular flexibility index (Phi) is 4.30. The number of carbonyl (C=O) groups excluding carboxylic acids is 1. The number of aryl methyl sites for hydroxylation is 1. The van der Waals surface area contributed by atoms with Crippen LogP contribution in [0.15, 0.2) is 42.7 Å². The van der Waals surface area contributed by atoms with Gasteiger partial charge in [-0.15, -0.1) is 0 Å². The number of rotatable bonds is 5.